The van der Waals surface area contributed by atoms with Gasteiger partial charge in [0, 0.05) is 5.56 Å². The minimum atomic E-state index is -0.715. The van der Waals surface area contributed by atoms with Crippen molar-refractivity contribution < 1.29 is 14.3 Å². The zero-order chi connectivity index (χ0) is 13.0. The Balaban J connectivity index is 2.45. The monoisotopic (exact) mass is 242 g/mol. The molecular formula is C15H14O3. The molecule has 92 valence electrons. The normalized spacial score (nSPS) is 11.8. The van der Waals surface area contributed by atoms with Gasteiger partial charge >= 0.3 is 6.16 Å². The van der Waals surface area contributed by atoms with Crippen LogP contribution in [0.5, 0.6) is 0 Å². The van der Waals surface area contributed by atoms with Gasteiger partial charge in [-0.15, -0.1) is 0 Å². The van der Waals surface area contributed by atoms with Crippen LogP contribution in [-0.4, -0.2) is 13.3 Å². The highest BCUT2D eigenvalue weighted by molar-refractivity contribution is 5.86. The van der Waals surface area contributed by atoms with E-state index in [0.29, 0.717) is 0 Å². The average molecular weight is 242 g/mol. The van der Waals surface area contributed by atoms with Gasteiger partial charge in [-0.2, -0.15) is 0 Å². The summed E-state index contributed by atoms with van der Waals surface area (Å²) in [6.07, 6.45) is 0.356. The van der Waals surface area contributed by atoms with Gasteiger partial charge in [-0.25, -0.2) is 4.79 Å². The first-order valence-corrected chi connectivity index (χ1v) is 5.61. The lowest BCUT2D eigenvalue weighted by Gasteiger charge is -2.15. The van der Waals surface area contributed by atoms with Gasteiger partial charge in [0.15, 0.2) is 0 Å². The van der Waals surface area contributed by atoms with Crippen LogP contribution in [0.15, 0.2) is 55.1 Å². The van der Waals surface area contributed by atoms with Crippen LogP contribution in [0, 0.1) is 0 Å². The highest BCUT2D eigenvalue weighted by atomic mass is 16.7. The van der Waals surface area contributed by atoms with E-state index in [2.05, 4.69) is 11.3 Å². The predicted molar refractivity (Wildman–Crippen MR) is 70.4 cm³/mol. The fourth-order valence-corrected chi connectivity index (χ4v) is 1.89. The Kier molecular flexibility index (Phi) is 3.63. The molecule has 0 aliphatic rings. The van der Waals surface area contributed by atoms with Crippen LogP contribution in [0.1, 0.15) is 11.7 Å². The second-order valence-corrected chi connectivity index (χ2v) is 3.80. The molecule has 0 aliphatic heterocycles. The number of methoxy groups -OCH3 is 1. The molecule has 0 radical (unpaired) electrons. The number of benzene rings is 2. The maximum absolute atomic E-state index is 11.2. The molecule has 18 heavy (non-hydrogen) atoms. The van der Waals surface area contributed by atoms with Crippen LogP contribution in [0.25, 0.3) is 10.8 Å². The molecule has 0 saturated heterocycles. The highest BCUT2D eigenvalue weighted by Gasteiger charge is 2.15. The first-order chi connectivity index (χ1) is 8.76. The fraction of sp³-hybridized carbons (Fsp3) is 0.133. The Hall–Kier alpha value is -2.29. The van der Waals surface area contributed by atoms with Crippen molar-refractivity contribution in [3.63, 3.8) is 0 Å². The topological polar surface area (TPSA) is 35.5 Å². The number of ether oxygens (including phenoxy) is 2. The van der Waals surface area contributed by atoms with Crippen LogP contribution in [0.2, 0.25) is 0 Å². The van der Waals surface area contributed by atoms with Crippen LogP contribution in [-0.2, 0) is 9.47 Å². The second kappa shape index (κ2) is 5.36. The molecule has 3 nitrogen and oxygen atoms in total. The van der Waals surface area contributed by atoms with E-state index in [-0.39, 0.29) is 0 Å². The molecule has 2 rings (SSSR count). The van der Waals surface area contributed by atoms with E-state index in [1.165, 1.54) is 7.11 Å². The molecule has 0 saturated carbocycles. The van der Waals surface area contributed by atoms with Crippen LogP contribution in [0.3, 0.4) is 0 Å². The summed E-state index contributed by atoms with van der Waals surface area (Å²) in [5.41, 5.74) is 0.897. The van der Waals surface area contributed by atoms with Crippen molar-refractivity contribution in [3.05, 3.63) is 60.7 Å². The molecule has 2 aromatic carbocycles. The van der Waals surface area contributed by atoms with E-state index >= 15 is 0 Å². The van der Waals surface area contributed by atoms with Gasteiger partial charge in [-0.3, -0.25) is 0 Å². The molecule has 0 aliphatic carbocycles. The van der Waals surface area contributed by atoms with E-state index in [1.54, 1.807) is 6.08 Å². The first kappa shape index (κ1) is 12.2. The Morgan fingerprint density at radius 3 is 2.67 bits per heavy atom. The summed E-state index contributed by atoms with van der Waals surface area (Å²) in [6, 6.07) is 13.8. The summed E-state index contributed by atoms with van der Waals surface area (Å²) in [5.74, 6) is 0. The van der Waals surface area contributed by atoms with E-state index in [1.807, 2.05) is 42.5 Å². The van der Waals surface area contributed by atoms with Gasteiger partial charge in [-0.05, 0) is 16.8 Å². The summed E-state index contributed by atoms with van der Waals surface area (Å²) in [5, 5.41) is 2.13. The minimum Gasteiger partial charge on any atom is -0.438 e. The van der Waals surface area contributed by atoms with Crippen LogP contribution < -0.4 is 0 Å². The number of carbonyl (C=O) groups is 1. The van der Waals surface area contributed by atoms with Crippen molar-refractivity contribution in [1.29, 1.82) is 0 Å². The van der Waals surface area contributed by atoms with E-state index in [4.69, 9.17) is 4.74 Å². The molecule has 0 bridgehead atoms. The third kappa shape index (κ3) is 2.35. The Bertz CT molecular complexity index is 569. The van der Waals surface area contributed by atoms with E-state index in [9.17, 15) is 4.79 Å². The van der Waals surface area contributed by atoms with E-state index < -0.39 is 12.3 Å². The van der Waals surface area contributed by atoms with Gasteiger partial charge in [0.1, 0.15) is 6.10 Å². The molecule has 3 heteroatoms. The summed E-state index contributed by atoms with van der Waals surface area (Å²) in [6.45, 7) is 3.70. The minimum absolute atomic E-state index is 0.511. The molecule has 0 unspecified atom stereocenters. The van der Waals surface area contributed by atoms with Crippen molar-refractivity contribution in [2.45, 2.75) is 6.10 Å². The van der Waals surface area contributed by atoms with Gasteiger partial charge in [0.25, 0.3) is 0 Å². The van der Waals surface area contributed by atoms with Gasteiger partial charge in [-0.1, -0.05) is 49.0 Å². The van der Waals surface area contributed by atoms with Crippen LogP contribution in [0.4, 0.5) is 4.79 Å². The molecule has 0 heterocycles. The lowest BCUT2D eigenvalue weighted by Crippen LogP contribution is -2.09. The largest absolute Gasteiger partial charge is 0.508 e. The fourth-order valence-electron chi connectivity index (χ4n) is 1.89. The predicted octanol–water partition coefficient (Wildman–Crippen LogP) is 3.85. The Labute approximate surface area is 106 Å². The summed E-state index contributed by atoms with van der Waals surface area (Å²) < 4.78 is 9.67. The zero-order valence-corrected chi connectivity index (χ0v) is 10.1. The van der Waals surface area contributed by atoms with Crippen molar-refractivity contribution in [2.24, 2.45) is 0 Å². The molecule has 0 aromatic heterocycles. The number of rotatable bonds is 3. The zero-order valence-electron chi connectivity index (χ0n) is 10.1. The van der Waals surface area contributed by atoms with Gasteiger partial charge in [0.05, 0.1) is 7.11 Å². The molecular weight excluding hydrogens is 228 g/mol. The third-order valence-electron chi connectivity index (χ3n) is 2.73. The third-order valence-corrected chi connectivity index (χ3v) is 2.73. The molecule has 0 spiro atoms. The SMILES string of the molecule is C=C[C@H](OC(=O)OC)c1cccc2ccccc12. The van der Waals surface area contributed by atoms with Crippen molar-refractivity contribution in [1.82, 2.24) is 0 Å². The number of hydrogen-bond donors (Lipinski definition) is 0. The van der Waals surface area contributed by atoms with E-state index in [0.717, 1.165) is 16.3 Å². The maximum atomic E-state index is 11.2. The smallest absolute Gasteiger partial charge is 0.438 e. The van der Waals surface area contributed by atoms with Crippen molar-refractivity contribution in [2.75, 3.05) is 7.11 Å². The molecule has 0 N–H and O–H groups in total. The second-order valence-electron chi connectivity index (χ2n) is 3.80. The Morgan fingerprint density at radius 1 is 1.22 bits per heavy atom. The average Bonchev–Trinajstić information content (AvgIpc) is 2.44. The number of fused-ring (bicyclic) bond motifs is 1. The standard InChI is InChI=1S/C15H14O3/c1-3-14(18-15(16)17-2)13-10-6-8-11-7-4-5-9-12(11)13/h3-10,14H,1H2,2H3/t14-/m0/s1. The highest BCUT2D eigenvalue weighted by Crippen LogP contribution is 2.27. The first-order valence-electron chi connectivity index (χ1n) is 5.61. The molecule has 1 atom stereocenters. The van der Waals surface area contributed by atoms with Crippen LogP contribution >= 0.6 is 0 Å². The maximum Gasteiger partial charge on any atom is 0.508 e. The van der Waals surface area contributed by atoms with Gasteiger partial charge < -0.3 is 9.47 Å². The van der Waals surface area contributed by atoms with Crippen molar-refractivity contribution in [3.8, 4) is 0 Å². The van der Waals surface area contributed by atoms with Gasteiger partial charge in [0.2, 0.25) is 0 Å². The van der Waals surface area contributed by atoms with Crippen molar-refractivity contribution >= 4 is 16.9 Å². The summed E-state index contributed by atoms with van der Waals surface area (Å²) in [4.78, 5) is 11.2. The summed E-state index contributed by atoms with van der Waals surface area (Å²) in [7, 11) is 1.28. The lowest BCUT2D eigenvalue weighted by molar-refractivity contribution is 0.0527. The Morgan fingerprint density at radius 2 is 1.94 bits per heavy atom. The number of carbonyl (C=O) groups excluding carboxylic acids is 1. The molecule has 2 aromatic rings. The summed E-state index contributed by atoms with van der Waals surface area (Å²) >= 11 is 0. The quantitative estimate of drug-likeness (QED) is 0.605. The number of hydrogen-bond acceptors (Lipinski definition) is 3. The molecule has 0 amide bonds. The molecule has 0 fully saturated rings. The lowest BCUT2D eigenvalue weighted by atomic mass is 10.0.